The lowest BCUT2D eigenvalue weighted by molar-refractivity contribution is -0.252. The fraction of sp³-hybridized carbons (Fsp3) is 0.900. The van der Waals surface area contributed by atoms with Gasteiger partial charge in [0.05, 0.1) is 24.2 Å². The molecule has 5 heteroatoms. The van der Waals surface area contributed by atoms with E-state index in [2.05, 4.69) is 40.7 Å². The smallest absolute Gasteiger partial charge is 0.310 e. The first-order valence-corrected chi connectivity index (χ1v) is 14.0. The van der Waals surface area contributed by atoms with Gasteiger partial charge in [-0.1, -0.05) is 53.2 Å². The first kappa shape index (κ1) is 25.7. The van der Waals surface area contributed by atoms with Gasteiger partial charge >= 0.3 is 5.97 Å². The van der Waals surface area contributed by atoms with Crippen molar-refractivity contribution < 1.29 is 25.2 Å². The number of rotatable bonds is 2. The van der Waals surface area contributed by atoms with Crippen LogP contribution in [0.5, 0.6) is 0 Å². The molecule has 5 aliphatic rings. The molecular formula is C30H48O5. The minimum Gasteiger partial charge on any atom is -0.481 e. The molecule has 0 heterocycles. The molecular weight excluding hydrogens is 440 g/mol. The third-order valence-corrected chi connectivity index (χ3v) is 13.1. The van der Waals surface area contributed by atoms with Crippen LogP contribution in [-0.4, -0.2) is 45.2 Å². The Bertz CT molecular complexity index is 941. The summed E-state index contributed by atoms with van der Waals surface area (Å²) in [5.74, 6) is -0.400. The summed E-state index contributed by atoms with van der Waals surface area (Å²) in [6.07, 6.45) is 8.44. The van der Waals surface area contributed by atoms with E-state index in [0.29, 0.717) is 25.2 Å². The molecule has 4 saturated carbocycles. The molecule has 0 bridgehead atoms. The zero-order valence-corrected chi connectivity index (χ0v) is 22.7. The molecule has 4 N–H and O–H groups in total. The second-order valence-electron chi connectivity index (χ2n) is 15.1. The van der Waals surface area contributed by atoms with Crippen LogP contribution in [0.25, 0.3) is 0 Å². The summed E-state index contributed by atoms with van der Waals surface area (Å²) in [5, 5.41) is 43.6. The van der Waals surface area contributed by atoms with Crippen molar-refractivity contribution in [2.24, 2.45) is 50.2 Å². The van der Waals surface area contributed by atoms with Crippen molar-refractivity contribution in [1.29, 1.82) is 0 Å². The Balaban J connectivity index is 1.63. The molecule has 0 amide bonds. The summed E-state index contributed by atoms with van der Waals surface area (Å²) in [6.45, 7) is 13.5. The SMILES string of the molecule is CC1(C)CC[C@]2(C(=O)O)CC[C@@]3(C)C(=CC[C@H]4[C@@]5(C)CC[C@H](O)[C@@](C)(CO)[C@@H]5[C@@H](O)C[C@@]43C)[C@@H]2C1. The predicted octanol–water partition coefficient (Wildman–Crippen LogP) is 5.18. The maximum Gasteiger partial charge on any atom is 0.310 e. The van der Waals surface area contributed by atoms with Gasteiger partial charge in [0, 0.05) is 11.3 Å². The van der Waals surface area contributed by atoms with Gasteiger partial charge in [-0.25, -0.2) is 0 Å². The lowest BCUT2D eigenvalue weighted by Gasteiger charge is -2.72. The summed E-state index contributed by atoms with van der Waals surface area (Å²) < 4.78 is 0. The number of fused-ring (bicyclic) bond motifs is 7. The number of carboxylic acid groups (broad SMARTS) is 1. The Morgan fingerprint density at radius 1 is 0.971 bits per heavy atom. The quantitative estimate of drug-likeness (QED) is 0.402. The zero-order chi connectivity index (χ0) is 25.8. The van der Waals surface area contributed by atoms with Crippen LogP contribution in [0.15, 0.2) is 11.6 Å². The molecule has 4 fully saturated rings. The van der Waals surface area contributed by atoms with Gasteiger partial charge in [0.25, 0.3) is 0 Å². The van der Waals surface area contributed by atoms with Crippen molar-refractivity contribution in [2.45, 2.75) is 112 Å². The van der Waals surface area contributed by atoms with Crippen molar-refractivity contribution >= 4 is 5.97 Å². The largest absolute Gasteiger partial charge is 0.481 e. The zero-order valence-electron chi connectivity index (χ0n) is 22.7. The van der Waals surface area contributed by atoms with Crippen molar-refractivity contribution in [1.82, 2.24) is 0 Å². The van der Waals surface area contributed by atoms with E-state index in [1.165, 1.54) is 5.57 Å². The van der Waals surface area contributed by atoms with Gasteiger partial charge < -0.3 is 20.4 Å². The van der Waals surface area contributed by atoms with Crippen LogP contribution >= 0.6 is 0 Å². The van der Waals surface area contributed by atoms with Crippen LogP contribution in [0.2, 0.25) is 0 Å². The number of carboxylic acids is 1. The first-order chi connectivity index (χ1) is 16.1. The van der Waals surface area contributed by atoms with E-state index in [1.807, 2.05) is 6.92 Å². The maximum absolute atomic E-state index is 12.8. The van der Waals surface area contributed by atoms with Crippen molar-refractivity contribution in [3.63, 3.8) is 0 Å². The van der Waals surface area contributed by atoms with E-state index in [1.54, 1.807) is 0 Å². The molecule has 0 aromatic rings. The molecule has 0 unspecified atom stereocenters. The molecule has 0 aromatic carbocycles. The molecule has 198 valence electrons. The van der Waals surface area contributed by atoms with Gasteiger partial charge in [-0.05, 0) is 91.3 Å². The van der Waals surface area contributed by atoms with Gasteiger partial charge in [0.15, 0.2) is 0 Å². The summed E-state index contributed by atoms with van der Waals surface area (Å²) in [5.41, 5.74) is -0.397. The molecule has 0 saturated heterocycles. The normalized spacial score (nSPS) is 55.0. The Kier molecular flexibility index (Phi) is 5.56. The lowest BCUT2D eigenvalue weighted by Crippen LogP contribution is -2.69. The maximum atomic E-state index is 12.8. The average Bonchev–Trinajstić information content (AvgIpc) is 2.76. The van der Waals surface area contributed by atoms with E-state index < -0.39 is 29.0 Å². The molecule has 5 nitrogen and oxygen atoms in total. The fourth-order valence-electron chi connectivity index (χ4n) is 10.8. The van der Waals surface area contributed by atoms with E-state index in [9.17, 15) is 25.2 Å². The highest BCUT2D eigenvalue weighted by Crippen LogP contribution is 2.75. The summed E-state index contributed by atoms with van der Waals surface area (Å²) in [6, 6.07) is 0. The van der Waals surface area contributed by atoms with Gasteiger partial charge in [0.2, 0.25) is 0 Å². The van der Waals surface area contributed by atoms with E-state index in [0.717, 1.165) is 38.5 Å². The predicted molar refractivity (Wildman–Crippen MR) is 135 cm³/mol. The highest BCUT2D eigenvalue weighted by molar-refractivity contribution is 5.76. The number of carbonyl (C=O) groups is 1. The molecule has 0 spiro atoms. The first-order valence-electron chi connectivity index (χ1n) is 14.0. The Morgan fingerprint density at radius 2 is 1.63 bits per heavy atom. The number of allylic oxidation sites excluding steroid dienone is 2. The highest BCUT2D eigenvalue weighted by Gasteiger charge is 2.71. The van der Waals surface area contributed by atoms with Crippen LogP contribution in [0.3, 0.4) is 0 Å². The third kappa shape index (κ3) is 3.07. The Morgan fingerprint density at radius 3 is 2.26 bits per heavy atom. The summed E-state index contributed by atoms with van der Waals surface area (Å²) in [7, 11) is 0. The average molecular weight is 489 g/mol. The van der Waals surface area contributed by atoms with Crippen molar-refractivity contribution in [3.8, 4) is 0 Å². The van der Waals surface area contributed by atoms with E-state index in [4.69, 9.17) is 0 Å². The third-order valence-electron chi connectivity index (χ3n) is 13.1. The second kappa shape index (κ2) is 7.57. The van der Waals surface area contributed by atoms with Gasteiger partial charge in [0.1, 0.15) is 0 Å². The monoisotopic (exact) mass is 488 g/mol. The number of hydrogen-bond donors (Lipinski definition) is 4. The second-order valence-corrected chi connectivity index (χ2v) is 15.1. The standard InChI is InChI=1S/C30H48O5/c1-25(2)11-13-30(24(34)35)14-12-28(5)18(19(30)15-25)7-8-21-26(3)10-9-22(33)27(4,17-31)23(26)20(32)16-29(21,28)6/h7,19-23,31-33H,8-17H2,1-6H3,(H,34,35)/t19-,20-,21-,22-,23+,26+,27+,28-,29-,30-/m0/s1. The Labute approximate surface area is 211 Å². The van der Waals surface area contributed by atoms with Crippen LogP contribution in [0.4, 0.5) is 0 Å². The fourth-order valence-corrected chi connectivity index (χ4v) is 10.8. The molecule has 0 aliphatic heterocycles. The number of hydrogen-bond acceptors (Lipinski definition) is 4. The Hall–Kier alpha value is -0.910. The molecule has 0 aromatic heterocycles. The molecule has 10 atom stereocenters. The van der Waals surface area contributed by atoms with E-state index in [-0.39, 0.29) is 40.1 Å². The summed E-state index contributed by atoms with van der Waals surface area (Å²) in [4.78, 5) is 12.8. The molecule has 5 aliphatic carbocycles. The minimum absolute atomic E-state index is 0.0545. The van der Waals surface area contributed by atoms with Gasteiger partial charge in [-0.15, -0.1) is 0 Å². The highest BCUT2D eigenvalue weighted by atomic mass is 16.4. The number of aliphatic hydroxyl groups is 3. The minimum atomic E-state index is -0.711. The van der Waals surface area contributed by atoms with Crippen LogP contribution in [-0.2, 0) is 4.79 Å². The van der Waals surface area contributed by atoms with Gasteiger partial charge in [-0.2, -0.15) is 0 Å². The van der Waals surface area contributed by atoms with Crippen LogP contribution in [0, 0.1) is 50.2 Å². The van der Waals surface area contributed by atoms with Crippen LogP contribution < -0.4 is 0 Å². The van der Waals surface area contributed by atoms with Gasteiger partial charge in [-0.3, -0.25) is 4.79 Å². The van der Waals surface area contributed by atoms with E-state index >= 15 is 0 Å². The summed E-state index contributed by atoms with van der Waals surface area (Å²) >= 11 is 0. The molecule has 5 rings (SSSR count). The lowest BCUT2D eigenvalue weighted by atomic mass is 9.33. The number of aliphatic hydroxyl groups excluding tert-OH is 3. The van der Waals surface area contributed by atoms with Crippen molar-refractivity contribution in [2.75, 3.05) is 6.61 Å². The topological polar surface area (TPSA) is 98.0 Å². The van der Waals surface area contributed by atoms with Crippen molar-refractivity contribution in [3.05, 3.63) is 11.6 Å². The van der Waals surface area contributed by atoms with Crippen LogP contribution in [0.1, 0.15) is 99.3 Å². The molecule has 35 heavy (non-hydrogen) atoms. The number of aliphatic carboxylic acids is 1. The molecule has 0 radical (unpaired) electrons.